The second kappa shape index (κ2) is 7.34. The minimum atomic E-state index is 0.630. The fraction of sp³-hybridized carbons (Fsp3) is 0.211. The number of nitrogens with zero attached hydrogens (tertiary/aromatic N) is 2. The molecule has 0 atom stereocenters. The molecule has 3 rings (SSSR count). The summed E-state index contributed by atoms with van der Waals surface area (Å²) in [5.41, 5.74) is 2.44. The minimum Gasteiger partial charge on any atom is -0.492 e. The SMILES string of the molecule is C=NCc1cn(CCCOc2ccccc2Cl)c2ccccc12. The predicted octanol–water partition coefficient (Wildman–Crippen LogP) is 4.96. The molecule has 0 saturated heterocycles. The Balaban J connectivity index is 1.65. The number of fused-ring (bicyclic) bond motifs is 1. The van der Waals surface area contributed by atoms with Crippen LogP contribution in [0, 0.1) is 0 Å². The third kappa shape index (κ3) is 3.57. The van der Waals surface area contributed by atoms with Crippen molar-refractivity contribution in [3.63, 3.8) is 0 Å². The molecule has 4 heteroatoms. The van der Waals surface area contributed by atoms with Crippen molar-refractivity contribution < 1.29 is 4.74 Å². The maximum atomic E-state index is 6.09. The van der Waals surface area contributed by atoms with Crippen molar-refractivity contribution in [3.05, 3.63) is 65.3 Å². The van der Waals surface area contributed by atoms with Gasteiger partial charge in [-0.3, -0.25) is 4.99 Å². The van der Waals surface area contributed by atoms with E-state index in [0.717, 1.165) is 18.7 Å². The average molecular weight is 327 g/mol. The fourth-order valence-electron chi connectivity index (χ4n) is 2.73. The highest BCUT2D eigenvalue weighted by atomic mass is 35.5. The number of hydrogen-bond donors (Lipinski definition) is 0. The van der Waals surface area contributed by atoms with E-state index in [4.69, 9.17) is 16.3 Å². The molecule has 0 bridgehead atoms. The first-order chi connectivity index (χ1) is 11.3. The molecule has 0 radical (unpaired) electrons. The van der Waals surface area contributed by atoms with Gasteiger partial charge in [0.2, 0.25) is 0 Å². The molecule has 0 saturated carbocycles. The Labute approximate surface area is 141 Å². The molecule has 0 amide bonds. The van der Waals surface area contributed by atoms with Gasteiger partial charge >= 0.3 is 0 Å². The highest BCUT2D eigenvalue weighted by Gasteiger charge is 2.07. The lowest BCUT2D eigenvalue weighted by Gasteiger charge is -2.09. The molecule has 1 heterocycles. The molecule has 3 aromatic rings. The van der Waals surface area contributed by atoms with Gasteiger partial charge in [-0.25, -0.2) is 0 Å². The van der Waals surface area contributed by atoms with Crippen molar-refractivity contribution in [1.82, 2.24) is 4.57 Å². The van der Waals surface area contributed by atoms with Crippen LogP contribution in [0.2, 0.25) is 5.02 Å². The molecule has 0 fully saturated rings. The second-order valence-corrected chi connectivity index (χ2v) is 5.79. The Morgan fingerprint density at radius 1 is 1.09 bits per heavy atom. The van der Waals surface area contributed by atoms with E-state index in [-0.39, 0.29) is 0 Å². The lowest BCUT2D eigenvalue weighted by Crippen LogP contribution is -2.04. The maximum Gasteiger partial charge on any atom is 0.137 e. The number of rotatable bonds is 7. The van der Waals surface area contributed by atoms with Crippen LogP contribution in [0.25, 0.3) is 10.9 Å². The molecule has 3 nitrogen and oxygen atoms in total. The van der Waals surface area contributed by atoms with Crippen LogP contribution in [-0.2, 0) is 13.1 Å². The summed E-state index contributed by atoms with van der Waals surface area (Å²) in [6, 6.07) is 15.9. The number of aryl methyl sites for hydroxylation is 1. The van der Waals surface area contributed by atoms with Crippen molar-refractivity contribution in [2.75, 3.05) is 6.61 Å². The number of halogens is 1. The maximum absolute atomic E-state index is 6.09. The van der Waals surface area contributed by atoms with Gasteiger partial charge in [0.25, 0.3) is 0 Å². The van der Waals surface area contributed by atoms with E-state index in [0.29, 0.717) is 18.2 Å². The number of para-hydroxylation sites is 2. The first-order valence-electron chi connectivity index (χ1n) is 7.66. The normalized spacial score (nSPS) is 10.8. The van der Waals surface area contributed by atoms with Crippen LogP contribution in [0.3, 0.4) is 0 Å². The minimum absolute atomic E-state index is 0.630. The zero-order chi connectivity index (χ0) is 16.1. The van der Waals surface area contributed by atoms with E-state index in [1.807, 2.05) is 24.3 Å². The summed E-state index contributed by atoms with van der Waals surface area (Å²) >= 11 is 6.09. The van der Waals surface area contributed by atoms with Crippen LogP contribution in [0.5, 0.6) is 5.75 Å². The molecule has 2 aromatic carbocycles. The summed E-state index contributed by atoms with van der Waals surface area (Å²) in [7, 11) is 0. The Morgan fingerprint density at radius 3 is 2.70 bits per heavy atom. The Hall–Kier alpha value is -2.26. The molecule has 1 aromatic heterocycles. The number of aromatic nitrogens is 1. The molecular weight excluding hydrogens is 308 g/mol. The van der Waals surface area contributed by atoms with E-state index in [1.54, 1.807) is 0 Å². The van der Waals surface area contributed by atoms with Gasteiger partial charge in [0.15, 0.2) is 0 Å². The smallest absolute Gasteiger partial charge is 0.137 e. The molecule has 0 unspecified atom stereocenters. The van der Waals surface area contributed by atoms with Gasteiger partial charge in [-0.15, -0.1) is 0 Å². The summed E-state index contributed by atoms with van der Waals surface area (Å²) in [6.45, 7) is 5.76. The summed E-state index contributed by atoms with van der Waals surface area (Å²) in [6.07, 6.45) is 3.07. The predicted molar refractivity (Wildman–Crippen MR) is 96.8 cm³/mol. The number of hydrogen-bond acceptors (Lipinski definition) is 2. The quantitative estimate of drug-likeness (QED) is 0.445. The van der Waals surface area contributed by atoms with Crippen molar-refractivity contribution >= 4 is 29.2 Å². The fourth-order valence-corrected chi connectivity index (χ4v) is 2.92. The van der Waals surface area contributed by atoms with Crippen molar-refractivity contribution in [2.45, 2.75) is 19.5 Å². The molecule has 0 aliphatic heterocycles. The van der Waals surface area contributed by atoms with E-state index in [1.165, 1.54) is 16.5 Å². The third-order valence-corrected chi connectivity index (χ3v) is 4.10. The number of aliphatic imine (C=N–C) groups is 1. The van der Waals surface area contributed by atoms with E-state index in [2.05, 4.69) is 46.7 Å². The van der Waals surface area contributed by atoms with Gasteiger partial charge in [0.05, 0.1) is 18.2 Å². The Kier molecular flexibility index (Phi) is 4.99. The first kappa shape index (κ1) is 15.6. The monoisotopic (exact) mass is 326 g/mol. The van der Waals surface area contributed by atoms with Crippen molar-refractivity contribution in [2.24, 2.45) is 4.99 Å². The third-order valence-electron chi connectivity index (χ3n) is 3.79. The molecule has 118 valence electrons. The van der Waals surface area contributed by atoms with Gasteiger partial charge in [-0.05, 0) is 36.9 Å². The largest absolute Gasteiger partial charge is 0.492 e. The van der Waals surface area contributed by atoms with Crippen molar-refractivity contribution in [3.8, 4) is 5.75 Å². The van der Waals surface area contributed by atoms with Gasteiger partial charge in [0.1, 0.15) is 5.75 Å². The highest BCUT2D eigenvalue weighted by molar-refractivity contribution is 6.32. The summed E-state index contributed by atoms with van der Waals surface area (Å²) in [5, 5.41) is 1.89. The summed E-state index contributed by atoms with van der Waals surface area (Å²) in [5.74, 6) is 0.739. The molecule has 0 aliphatic carbocycles. The van der Waals surface area contributed by atoms with E-state index >= 15 is 0 Å². The molecule has 0 spiro atoms. The summed E-state index contributed by atoms with van der Waals surface area (Å²) in [4.78, 5) is 4.01. The second-order valence-electron chi connectivity index (χ2n) is 5.38. The van der Waals surface area contributed by atoms with Crippen LogP contribution in [0.15, 0.2) is 59.7 Å². The zero-order valence-electron chi connectivity index (χ0n) is 12.9. The van der Waals surface area contributed by atoms with Crippen LogP contribution in [0.1, 0.15) is 12.0 Å². The lowest BCUT2D eigenvalue weighted by molar-refractivity contribution is 0.303. The van der Waals surface area contributed by atoms with Crippen LogP contribution in [0.4, 0.5) is 0 Å². The molecular formula is C19H19ClN2O. The molecule has 23 heavy (non-hydrogen) atoms. The van der Waals surface area contributed by atoms with Gasteiger partial charge < -0.3 is 9.30 Å². The van der Waals surface area contributed by atoms with E-state index < -0.39 is 0 Å². The summed E-state index contributed by atoms with van der Waals surface area (Å²) < 4.78 is 8.01. The van der Waals surface area contributed by atoms with Crippen LogP contribution < -0.4 is 4.74 Å². The Bertz CT molecular complexity index is 810. The molecule has 0 aliphatic rings. The van der Waals surface area contributed by atoms with Crippen LogP contribution >= 0.6 is 11.6 Å². The first-order valence-corrected chi connectivity index (χ1v) is 8.04. The zero-order valence-corrected chi connectivity index (χ0v) is 13.7. The van der Waals surface area contributed by atoms with Gasteiger partial charge in [-0.2, -0.15) is 0 Å². The highest BCUT2D eigenvalue weighted by Crippen LogP contribution is 2.24. The topological polar surface area (TPSA) is 26.5 Å². The standard InChI is InChI=1S/C19H19ClN2O/c1-21-13-15-14-22(18-9-4-2-7-16(15)18)11-6-12-23-19-10-5-3-8-17(19)20/h2-5,7-10,14H,1,6,11-13H2. The van der Waals surface area contributed by atoms with Crippen LogP contribution in [-0.4, -0.2) is 17.9 Å². The number of ether oxygens (including phenoxy) is 1. The van der Waals surface area contributed by atoms with E-state index in [9.17, 15) is 0 Å². The van der Waals surface area contributed by atoms with Gasteiger partial charge in [0, 0.05) is 23.6 Å². The Morgan fingerprint density at radius 2 is 1.87 bits per heavy atom. The lowest BCUT2D eigenvalue weighted by atomic mass is 10.2. The molecule has 0 N–H and O–H groups in total. The number of benzene rings is 2. The van der Waals surface area contributed by atoms with Gasteiger partial charge in [-0.1, -0.05) is 41.9 Å². The average Bonchev–Trinajstić information content (AvgIpc) is 2.92. The van der Waals surface area contributed by atoms with Crippen molar-refractivity contribution in [1.29, 1.82) is 0 Å².